The van der Waals surface area contributed by atoms with E-state index in [2.05, 4.69) is 0 Å². The van der Waals surface area contributed by atoms with Gasteiger partial charge in [-0.1, -0.05) is 36.4 Å². The van der Waals surface area contributed by atoms with Crippen molar-refractivity contribution in [1.29, 1.82) is 0 Å². The van der Waals surface area contributed by atoms with Crippen molar-refractivity contribution in [2.24, 2.45) is 0 Å². The number of hydrogen-bond acceptors (Lipinski definition) is 6. The first-order valence-corrected chi connectivity index (χ1v) is 10.3. The van der Waals surface area contributed by atoms with Crippen LogP contribution in [-0.4, -0.2) is 32.7 Å². The summed E-state index contributed by atoms with van der Waals surface area (Å²) >= 11 is 0. The molecule has 148 valence electrons. The van der Waals surface area contributed by atoms with Crippen LogP contribution in [0.1, 0.15) is 0 Å². The van der Waals surface area contributed by atoms with Crippen LogP contribution in [0.4, 0.5) is 5.69 Å². The highest BCUT2D eigenvalue weighted by Gasteiger charge is 2.21. The number of phenolic OH excluding ortho intramolecular Hbond substituents is 2. The fourth-order valence-electron chi connectivity index (χ4n) is 3.33. The van der Waals surface area contributed by atoms with E-state index in [-0.39, 0.29) is 22.1 Å². The Hall–Kier alpha value is -3.45. The molecule has 7 heteroatoms. The summed E-state index contributed by atoms with van der Waals surface area (Å²) in [7, 11) is -0.599. The SMILES string of the molecule is CN(C)c1cc2c(O)cc(OS(=O)(=O)c3cccc4ccccc34)cc2cc1O. The van der Waals surface area contributed by atoms with Crippen LogP contribution in [-0.2, 0) is 10.1 Å². The molecule has 0 aliphatic carbocycles. The Morgan fingerprint density at radius 2 is 1.52 bits per heavy atom. The van der Waals surface area contributed by atoms with Crippen LogP contribution in [0.3, 0.4) is 0 Å². The predicted molar refractivity (Wildman–Crippen MR) is 113 cm³/mol. The van der Waals surface area contributed by atoms with Crippen molar-refractivity contribution >= 4 is 37.4 Å². The molecule has 0 saturated carbocycles. The first-order valence-electron chi connectivity index (χ1n) is 8.85. The second-order valence-corrected chi connectivity index (χ2v) is 8.43. The van der Waals surface area contributed by atoms with Gasteiger partial charge in [0.2, 0.25) is 0 Å². The van der Waals surface area contributed by atoms with Crippen molar-refractivity contribution in [3.63, 3.8) is 0 Å². The van der Waals surface area contributed by atoms with Gasteiger partial charge in [0.1, 0.15) is 22.1 Å². The topological polar surface area (TPSA) is 87.1 Å². The smallest absolute Gasteiger partial charge is 0.339 e. The molecule has 0 atom stereocenters. The Balaban J connectivity index is 1.80. The van der Waals surface area contributed by atoms with Gasteiger partial charge in [-0.2, -0.15) is 8.42 Å². The van der Waals surface area contributed by atoms with E-state index in [9.17, 15) is 18.6 Å². The summed E-state index contributed by atoms with van der Waals surface area (Å²) in [6.45, 7) is 0. The minimum absolute atomic E-state index is 0.0101. The van der Waals surface area contributed by atoms with Gasteiger partial charge in [-0.3, -0.25) is 0 Å². The van der Waals surface area contributed by atoms with Gasteiger partial charge in [0.25, 0.3) is 0 Å². The normalized spacial score (nSPS) is 11.7. The van der Waals surface area contributed by atoms with Crippen LogP contribution in [0.15, 0.2) is 71.6 Å². The molecule has 0 radical (unpaired) electrons. The Labute approximate surface area is 168 Å². The predicted octanol–water partition coefficient (Wildman–Crippen LogP) is 4.24. The van der Waals surface area contributed by atoms with E-state index in [0.717, 1.165) is 5.39 Å². The Bertz CT molecular complexity index is 1340. The molecule has 4 rings (SSSR count). The van der Waals surface area contributed by atoms with Crippen molar-refractivity contribution in [1.82, 2.24) is 0 Å². The average molecular weight is 409 g/mol. The van der Waals surface area contributed by atoms with Crippen LogP contribution in [0.25, 0.3) is 21.5 Å². The molecule has 0 spiro atoms. The summed E-state index contributed by atoms with van der Waals surface area (Å²) in [6, 6.07) is 17.9. The molecule has 0 fully saturated rings. The van der Waals surface area contributed by atoms with E-state index in [0.29, 0.717) is 21.8 Å². The first kappa shape index (κ1) is 18.9. The molecule has 0 bridgehead atoms. The van der Waals surface area contributed by atoms with Crippen molar-refractivity contribution < 1.29 is 22.8 Å². The second kappa shape index (κ2) is 6.86. The summed E-state index contributed by atoms with van der Waals surface area (Å²) in [5.41, 5.74) is 0.532. The molecule has 4 aromatic rings. The van der Waals surface area contributed by atoms with Crippen LogP contribution >= 0.6 is 0 Å². The van der Waals surface area contributed by atoms with Crippen molar-refractivity contribution in [3.05, 3.63) is 66.7 Å². The van der Waals surface area contributed by atoms with Crippen molar-refractivity contribution in [2.75, 3.05) is 19.0 Å². The summed E-state index contributed by atoms with van der Waals surface area (Å²) in [5, 5.41) is 22.9. The van der Waals surface area contributed by atoms with Gasteiger partial charge in [0, 0.05) is 30.9 Å². The summed E-state index contributed by atoms with van der Waals surface area (Å²) in [4.78, 5) is 1.75. The molecule has 2 N–H and O–H groups in total. The molecule has 0 aliphatic heterocycles. The fraction of sp³-hybridized carbons (Fsp3) is 0.0909. The van der Waals surface area contributed by atoms with E-state index in [1.165, 1.54) is 24.3 Å². The number of rotatable bonds is 4. The first-order chi connectivity index (χ1) is 13.8. The summed E-state index contributed by atoms with van der Waals surface area (Å²) in [5.74, 6) is -0.176. The van der Waals surface area contributed by atoms with Gasteiger partial charge < -0.3 is 19.3 Å². The lowest BCUT2D eigenvalue weighted by Crippen LogP contribution is -2.10. The van der Waals surface area contributed by atoms with Gasteiger partial charge in [0.05, 0.1) is 5.69 Å². The number of hydrogen-bond donors (Lipinski definition) is 2. The van der Waals surface area contributed by atoms with E-state index in [4.69, 9.17) is 4.18 Å². The molecule has 0 unspecified atom stereocenters. The quantitative estimate of drug-likeness (QED) is 0.490. The molecule has 0 aliphatic rings. The summed E-state index contributed by atoms with van der Waals surface area (Å²) < 4.78 is 31.1. The Kier molecular flexibility index (Phi) is 4.47. The minimum Gasteiger partial charge on any atom is -0.507 e. The third-order valence-corrected chi connectivity index (χ3v) is 6.01. The van der Waals surface area contributed by atoms with Gasteiger partial charge >= 0.3 is 10.1 Å². The third kappa shape index (κ3) is 3.40. The molecule has 6 nitrogen and oxygen atoms in total. The number of phenols is 2. The lowest BCUT2D eigenvalue weighted by molar-refractivity contribution is 0.468. The van der Waals surface area contributed by atoms with Gasteiger partial charge in [-0.05, 0) is 35.0 Å². The highest BCUT2D eigenvalue weighted by atomic mass is 32.2. The number of anilines is 1. The highest BCUT2D eigenvalue weighted by molar-refractivity contribution is 7.87. The molecule has 0 amide bonds. The standard InChI is InChI=1S/C22H19NO5S/c1-23(2)19-13-18-15(11-21(19)25)10-16(12-20(18)24)28-29(26,27)22-9-5-7-14-6-3-4-8-17(14)22/h3-13,24-25H,1-2H3. The lowest BCUT2D eigenvalue weighted by atomic mass is 10.1. The number of aromatic hydroxyl groups is 2. The zero-order chi connectivity index (χ0) is 20.8. The maximum absolute atomic E-state index is 12.9. The van der Waals surface area contributed by atoms with Crippen LogP contribution in [0, 0.1) is 0 Å². The number of nitrogens with zero attached hydrogens (tertiary/aromatic N) is 1. The fourth-order valence-corrected chi connectivity index (χ4v) is 4.47. The van der Waals surface area contributed by atoms with E-state index >= 15 is 0 Å². The van der Waals surface area contributed by atoms with E-state index < -0.39 is 10.1 Å². The van der Waals surface area contributed by atoms with Crippen molar-refractivity contribution in [3.8, 4) is 17.2 Å². The van der Waals surface area contributed by atoms with Crippen LogP contribution in [0.2, 0.25) is 0 Å². The Morgan fingerprint density at radius 3 is 2.28 bits per heavy atom. The zero-order valence-corrected chi connectivity index (χ0v) is 16.6. The minimum atomic E-state index is -4.14. The molecular formula is C22H19NO5S. The third-order valence-electron chi connectivity index (χ3n) is 4.71. The molecule has 0 saturated heterocycles. The number of fused-ring (bicyclic) bond motifs is 2. The monoisotopic (exact) mass is 409 g/mol. The maximum atomic E-state index is 12.9. The lowest BCUT2D eigenvalue weighted by Gasteiger charge is -2.16. The van der Waals surface area contributed by atoms with Gasteiger partial charge in [-0.25, -0.2) is 0 Å². The molecule has 29 heavy (non-hydrogen) atoms. The maximum Gasteiger partial charge on any atom is 0.339 e. The second-order valence-electron chi connectivity index (χ2n) is 6.91. The van der Waals surface area contributed by atoms with E-state index in [1.807, 2.05) is 18.2 Å². The zero-order valence-electron chi connectivity index (χ0n) is 15.8. The average Bonchev–Trinajstić information content (AvgIpc) is 2.66. The van der Waals surface area contributed by atoms with E-state index in [1.54, 1.807) is 43.3 Å². The van der Waals surface area contributed by atoms with Crippen LogP contribution < -0.4 is 9.08 Å². The van der Waals surface area contributed by atoms with Gasteiger partial charge in [-0.15, -0.1) is 0 Å². The summed E-state index contributed by atoms with van der Waals surface area (Å²) in [6.07, 6.45) is 0. The largest absolute Gasteiger partial charge is 0.507 e. The molecule has 0 heterocycles. The highest BCUT2D eigenvalue weighted by Crippen LogP contribution is 2.38. The Morgan fingerprint density at radius 1 is 0.793 bits per heavy atom. The molecule has 4 aromatic carbocycles. The van der Waals surface area contributed by atoms with Gasteiger partial charge in [0.15, 0.2) is 0 Å². The number of benzene rings is 4. The van der Waals surface area contributed by atoms with Crippen LogP contribution in [0.5, 0.6) is 17.2 Å². The molecular weight excluding hydrogens is 390 g/mol. The van der Waals surface area contributed by atoms with Crippen molar-refractivity contribution in [2.45, 2.75) is 4.90 Å². The molecule has 0 aromatic heterocycles.